The third-order valence-corrected chi connectivity index (χ3v) is 4.91. The van der Waals surface area contributed by atoms with Gasteiger partial charge in [0.05, 0.1) is 10.6 Å². The summed E-state index contributed by atoms with van der Waals surface area (Å²) in [5.74, 6) is -0.651. The molecule has 4 aromatic rings. The normalized spacial score (nSPS) is 10.6. The number of rotatable bonds is 6. The zero-order chi connectivity index (χ0) is 21.8. The van der Waals surface area contributed by atoms with Gasteiger partial charge in [-0.15, -0.1) is 0 Å². The zero-order valence-electron chi connectivity index (χ0n) is 16.1. The molecule has 0 aliphatic rings. The van der Waals surface area contributed by atoms with Crippen molar-refractivity contribution in [3.05, 3.63) is 89.1 Å². The molecule has 31 heavy (non-hydrogen) atoms. The molecule has 0 spiro atoms. The average Bonchev–Trinajstić information content (AvgIpc) is 3.27. The fourth-order valence-electron chi connectivity index (χ4n) is 3.08. The predicted octanol–water partition coefficient (Wildman–Crippen LogP) is 5.36. The molecule has 1 amide bonds. The standard InChI is InChI=1S/C24H16ClNO5/c25-21-9-6-17(22-10-8-19(13-27)31-22)12-20(21)24(29)30-14-23(28)26-18-7-5-15-3-1-2-4-16(15)11-18/h1-13H,14H2,(H,26,28). The van der Waals surface area contributed by atoms with Crippen LogP contribution in [0.15, 0.2) is 77.2 Å². The fourth-order valence-corrected chi connectivity index (χ4v) is 3.27. The number of amides is 1. The molecule has 154 valence electrons. The first-order valence-electron chi connectivity index (χ1n) is 9.34. The Morgan fingerprint density at radius 1 is 0.968 bits per heavy atom. The molecule has 3 aromatic carbocycles. The van der Waals surface area contributed by atoms with E-state index in [0.29, 0.717) is 23.3 Å². The van der Waals surface area contributed by atoms with Crippen LogP contribution >= 0.6 is 11.6 Å². The lowest BCUT2D eigenvalue weighted by molar-refractivity contribution is -0.119. The number of aldehydes is 1. The van der Waals surface area contributed by atoms with Crippen molar-refractivity contribution < 1.29 is 23.5 Å². The maximum Gasteiger partial charge on any atom is 0.340 e. The van der Waals surface area contributed by atoms with Crippen molar-refractivity contribution in [1.29, 1.82) is 0 Å². The molecule has 1 heterocycles. The van der Waals surface area contributed by atoms with Crippen LogP contribution in [0.1, 0.15) is 20.9 Å². The summed E-state index contributed by atoms with van der Waals surface area (Å²) in [6.07, 6.45) is 0.586. The Hall–Kier alpha value is -3.90. The molecule has 0 fully saturated rings. The number of anilines is 1. The van der Waals surface area contributed by atoms with Gasteiger partial charge in [-0.1, -0.05) is 41.9 Å². The van der Waals surface area contributed by atoms with E-state index in [0.717, 1.165) is 10.8 Å². The minimum absolute atomic E-state index is 0.0849. The van der Waals surface area contributed by atoms with Crippen LogP contribution in [0.3, 0.4) is 0 Å². The van der Waals surface area contributed by atoms with Gasteiger partial charge in [-0.05, 0) is 53.2 Å². The number of fused-ring (bicyclic) bond motifs is 1. The van der Waals surface area contributed by atoms with Gasteiger partial charge in [0.15, 0.2) is 18.7 Å². The second-order valence-electron chi connectivity index (χ2n) is 6.70. The summed E-state index contributed by atoms with van der Waals surface area (Å²) >= 11 is 6.12. The smallest absolute Gasteiger partial charge is 0.340 e. The lowest BCUT2D eigenvalue weighted by atomic mass is 10.1. The van der Waals surface area contributed by atoms with Gasteiger partial charge in [-0.2, -0.15) is 0 Å². The molecule has 4 rings (SSSR count). The molecule has 7 heteroatoms. The summed E-state index contributed by atoms with van der Waals surface area (Å²) in [6, 6.07) is 21.1. The summed E-state index contributed by atoms with van der Waals surface area (Å²) in [6.45, 7) is -0.470. The summed E-state index contributed by atoms with van der Waals surface area (Å²) in [5.41, 5.74) is 1.23. The van der Waals surface area contributed by atoms with Gasteiger partial charge in [0.2, 0.25) is 0 Å². The van der Waals surface area contributed by atoms with E-state index in [9.17, 15) is 14.4 Å². The van der Waals surface area contributed by atoms with Crippen molar-refractivity contribution in [3.63, 3.8) is 0 Å². The van der Waals surface area contributed by atoms with Gasteiger partial charge in [0.25, 0.3) is 5.91 Å². The molecule has 0 aliphatic carbocycles. The highest BCUT2D eigenvalue weighted by Crippen LogP contribution is 2.27. The van der Waals surface area contributed by atoms with Crippen molar-refractivity contribution in [2.24, 2.45) is 0 Å². The van der Waals surface area contributed by atoms with E-state index < -0.39 is 18.5 Å². The summed E-state index contributed by atoms with van der Waals surface area (Å²) < 4.78 is 10.5. The predicted molar refractivity (Wildman–Crippen MR) is 117 cm³/mol. The maximum atomic E-state index is 12.5. The van der Waals surface area contributed by atoms with Crippen molar-refractivity contribution in [2.75, 3.05) is 11.9 Å². The number of carbonyl (C=O) groups is 3. The van der Waals surface area contributed by atoms with Crippen LogP contribution in [0.2, 0.25) is 5.02 Å². The van der Waals surface area contributed by atoms with Crippen molar-refractivity contribution >= 4 is 46.2 Å². The van der Waals surface area contributed by atoms with Gasteiger partial charge < -0.3 is 14.5 Å². The number of hydrogen-bond donors (Lipinski definition) is 1. The average molecular weight is 434 g/mol. The Bertz CT molecular complexity index is 1290. The van der Waals surface area contributed by atoms with E-state index >= 15 is 0 Å². The molecular formula is C24H16ClNO5. The molecule has 0 radical (unpaired) electrons. The van der Waals surface area contributed by atoms with E-state index in [1.165, 1.54) is 18.2 Å². The number of benzene rings is 3. The Labute approximate surface area is 182 Å². The molecule has 0 aliphatic heterocycles. The minimum Gasteiger partial charge on any atom is -0.453 e. The van der Waals surface area contributed by atoms with Crippen LogP contribution in [0.5, 0.6) is 0 Å². The first-order chi connectivity index (χ1) is 15.0. The van der Waals surface area contributed by atoms with Crippen molar-refractivity contribution in [3.8, 4) is 11.3 Å². The van der Waals surface area contributed by atoms with Crippen molar-refractivity contribution in [1.82, 2.24) is 0 Å². The van der Waals surface area contributed by atoms with E-state index in [1.807, 2.05) is 36.4 Å². The van der Waals surface area contributed by atoms with E-state index in [1.54, 1.807) is 18.2 Å². The SMILES string of the molecule is O=Cc1ccc(-c2ccc(Cl)c(C(=O)OCC(=O)Nc3ccc4ccccc4c3)c2)o1. The second kappa shape index (κ2) is 8.85. The monoisotopic (exact) mass is 433 g/mol. The molecule has 0 atom stereocenters. The topological polar surface area (TPSA) is 85.6 Å². The Balaban J connectivity index is 1.42. The third-order valence-electron chi connectivity index (χ3n) is 4.58. The van der Waals surface area contributed by atoms with E-state index in [-0.39, 0.29) is 16.3 Å². The third kappa shape index (κ3) is 4.65. The molecule has 0 saturated heterocycles. The van der Waals surface area contributed by atoms with Crippen LogP contribution in [-0.2, 0) is 9.53 Å². The Morgan fingerprint density at radius 2 is 1.77 bits per heavy atom. The van der Waals surface area contributed by atoms with Gasteiger partial charge in [0.1, 0.15) is 5.76 Å². The second-order valence-corrected chi connectivity index (χ2v) is 7.11. The summed E-state index contributed by atoms with van der Waals surface area (Å²) in [4.78, 5) is 35.5. The lowest BCUT2D eigenvalue weighted by Gasteiger charge is -2.09. The highest BCUT2D eigenvalue weighted by Gasteiger charge is 2.16. The molecule has 1 aromatic heterocycles. The number of halogens is 1. The number of furan rings is 1. The first kappa shape index (κ1) is 20.4. The summed E-state index contributed by atoms with van der Waals surface area (Å²) in [5, 5.41) is 4.91. The zero-order valence-corrected chi connectivity index (χ0v) is 16.9. The minimum atomic E-state index is -0.748. The summed E-state index contributed by atoms with van der Waals surface area (Å²) in [7, 11) is 0. The van der Waals surface area contributed by atoms with Crippen LogP contribution in [0.4, 0.5) is 5.69 Å². The molecule has 0 bridgehead atoms. The van der Waals surface area contributed by atoms with Gasteiger partial charge in [0, 0.05) is 11.3 Å². The highest BCUT2D eigenvalue weighted by molar-refractivity contribution is 6.33. The number of hydrogen-bond acceptors (Lipinski definition) is 5. The van der Waals surface area contributed by atoms with Gasteiger partial charge in [-0.3, -0.25) is 9.59 Å². The highest BCUT2D eigenvalue weighted by atomic mass is 35.5. The molecule has 1 N–H and O–H groups in total. The molecule has 0 unspecified atom stereocenters. The largest absolute Gasteiger partial charge is 0.453 e. The number of carbonyl (C=O) groups excluding carboxylic acids is 3. The molecular weight excluding hydrogens is 418 g/mol. The van der Waals surface area contributed by atoms with E-state index in [4.69, 9.17) is 20.8 Å². The Morgan fingerprint density at radius 3 is 2.55 bits per heavy atom. The van der Waals surface area contributed by atoms with Gasteiger partial charge >= 0.3 is 5.97 Å². The van der Waals surface area contributed by atoms with Crippen LogP contribution in [-0.4, -0.2) is 24.8 Å². The van der Waals surface area contributed by atoms with Gasteiger partial charge in [-0.25, -0.2) is 4.79 Å². The fraction of sp³-hybridized carbons (Fsp3) is 0.0417. The van der Waals surface area contributed by atoms with Crippen LogP contribution in [0, 0.1) is 0 Å². The quantitative estimate of drug-likeness (QED) is 0.326. The number of esters is 1. The van der Waals surface area contributed by atoms with E-state index in [2.05, 4.69) is 5.32 Å². The maximum absolute atomic E-state index is 12.5. The Kier molecular flexibility index (Phi) is 5.82. The molecule has 0 saturated carbocycles. The number of nitrogens with one attached hydrogen (secondary N) is 1. The van der Waals surface area contributed by atoms with Crippen molar-refractivity contribution in [2.45, 2.75) is 0 Å². The van der Waals surface area contributed by atoms with Crippen LogP contribution < -0.4 is 5.32 Å². The van der Waals surface area contributed by atoms with Crippen LogP contribution in [0.25, 0.3) is 22.1 Å². The molecule has 6 nitrogen and oxygen atoms in total. The number of ether oxygens (including phenoxy) is 1. The first-order valence-corrected chi connectivity index (χ1v) is 9.72. The lowest BCUT2D eigenvalue weighted by Crippen LogP contribution is -2.21.